The summed E-state index contributed by atoms with van der Waals surface area (Å²) in [6, 6.07) is 12.3. The van der Waals surface area contributed by atoms with Crippen LogP contribution in [0.2, 0.25) is 5.02 Å². The van der Waals surface area contributed by atoms with Crippen LogP contribution in [0, 0.1) is 12.8 Å². The van der Waals surface area contributed by atoms with Crippen molar-refractivity contribution in [3.8, 4) is 5.75 Å². The molecule has 1 aliphatic heterocycles. The molecule has 36 heavy (non-hydrogen) atoms. The number of rotatable bonds is 9. The van der Waals surface area contributed by atoms with Crippen LogP contribution < -0.4 is 15.4 Å². The molecule has 1 fully saturated rings. The van der Waals surface area contributed by atoms with Crippen LogP contribution in [-0.4, -0.2) is 56.4 Å². The van der Waals surface area contributed by atoms with Gasteiger partial charge in [-0.15, -0.1) is 0 Å². The summed E-state index contributed by atoms with van der Waals surface area (Å²) in [5.74, 6) is 0.150. The molecule has 1 saturated heterocycles. The van der Waals surface area contributed by atoms with E-state index < -0.39 is 10.0 Å². The maximum Gasteiger partial charge on any atom is 0.243 e. The van der Waals surface area contributed by atoms with Crippen LogP contribution in [0.25, 0.3) is 10.9 Å². The van der Waals surface area contributed by atoms with Crippen molar-refractivity contribution < 1.29 is 17.9 Å². The first-order chi connectivity index (χ1) is 17.3. The number of anilines is 1. The number of fused-ring (bicyclic) bond motifs is 1. The fraction of sp³-hybridized carbons (Fsp3) is 0.385. The van der Waals surface area contributed by atoms with E-state index in [1.807, 2.05) is 32.0 Å². The first kappa shape index (κ1) is 26.2. The number of hydrogen-bond donors (Lipinski definition) is 2. The van der Waals surface area contributed by atoms with Crippen LogP contribution >= 0.6 is 11.6 Å². The number of aryl methyl sites for hydroxylation is 1. The molecule has 0 aliphatic carbocycles. The molecular weight excluding hydrogens is 500 g/mol. The molecule has 2 N–H and O–H groups in total. The van der Waals surface area contributed by atoms with Crippen LogP contribution in [0.5, 0.6) is 5.75 Å². The topological polar surface area (TPSA) is 101 Å². The number of halogens is 1. The van der Waals surface area contributed by atoms with E-state index in [1.165, 1.54) is 4.31 Å². The lowest BCUT2D eigenvalue weighted by atomic mass is 9.99. The molecule has 3 aromatic rings. The molecule has 0 unspecified atom stereocenters. The second-order valence-electron chi connectivity index (χ2n) is 8.80. The second-order valence-corrected chi connectivity index (χ2v) is 11.2. The molecule has 192 valence electrons. The number of sulfonamides is 1. The summed E-state index contributed by atoms with van der Waals surface area (Å²) in [5.41, 5.74) is 2.47. The van der Waals surface area contributed by atoms with Gasteiger partial charge in [-0.1, -0.05) is 11.6 Å². The van der Waals surface area contributed by atoms with Crippen molar-refractivity contribution in [3.63, 3.8) is 0 Å². The zero-order chi connectivity index (χ0) is 25.7. The van der Waals surface area contributed by atoms with Gasteiger partial charge in [0.2, 0.25) is 15.9 Å². The second kappa shape index (κ2) is 11.5. The van der Waals surface area contributed by atoms with E-state index in [4.69, 9.17) is 16.3 Å². The van der Waals surface area contributed by atoms with Gasteiger partial charge in [-0.2, -0.15) is 4.31 Å². The molecule has 0 spiro atoms. The normalized spacial score (nSPS) is 16.6. The molecule has 0 saturated carbocycles. The fourth-order valence-corrected chi connectivity index (χ4v) is 6.20. The van der Waals surface area contributed by atoms with E-state index in [1.54, 1.807) is 30.5 Å². The zero-order valence-electron chi connectivity index (χ0n) is 20.5. The highest BCUT2D eigenvalue weighted by Gasteiger charge is 2.33. The Bertz CT molecular complexity index is 1350. The number of amides is 1. The highest BCUT2D eigenvalue weighted by atomic mass is 35.5. The monoisotopic (exact) mass is 530 g/mol. The van der Waals surface area contributed by atoms with Gasteiger partial charge in [0.1, 0.15) is 5.75 Å². The summed E-state index contributed by atoms with van der Waals surface area (Å²) in [6.45, 7) is 5.73. The summed E-state index contributed by atoms with van der Waals surface area (Å²) in [7, 11) is -3.70. The first-order valence-electron chi connectivity index (χ1n) is 12.1. The number of piperidine rings is 1. The number of carbonyl (C=O) groups is 1. The van der Waals surface area contributed by atoms with E-state index in [0.29, 0.717) is 49.9 Å². The Balaban J connectivity index is 1.33. The van der Waals surface area contributed by atoms with E-state index in [-0.39, 0.29) is 23.3 Å². The average molecular weight is 531 g/mol. The van der Waals surface area contributed by atoms with Crippen LogP contribution in [0.4, 0.5) is 5.69 Å². The molecular formula is C26H31ClN4O4S. The van der Waals surface area contributed by atoms with E-state index in [9.17, 15) is 13.2 Å². The molecule has 4 rings (SSSR count). The van der Waals surface area contributed by atoms with Crippen LogP contribution in [-0.2, 0) is 14.8 Å². The van der Waals surface area contributed by atoms with Gasteiger partial charge in [0.15, 0.2) is 0 Å². The average Bonchev–Trinajstić information content (AvgIpc) is 2.87. The van der Waals surface area contributed by atoms with Gasteiger partial charge in [0, 0.05) is 48.5 Å². The highest BCUT2D eigenvalue weighted by Crippen LogP contribution is 2.28. The third-order valence-corrected chi connectivity index (χ3v) is 8.38. The van der Waals surface area contributed by atoms with Crippen molar-refractivity contribution in [2.24, 2.45) is 5.92 Å². The lowest BCUT2D eigenvalue weighted by Gasteiger charge is -2.31. The minimum absolute atomic E-state index is 0.133. The van der Waals surface area contributed by atoms with E-state index in [2.05, 4.69) is 15.6 Å². The molecule has 8 nitrogen and oxygen atoms in total. The van der Waals surface area contributed by atoms with Gasteiger partial charge >= 0.3 is 0 Å². The van der Waals surface area contributed by atoms with Gasteiger partial charge in [-0.25, -0.2) is 8.42 Å². The summed E-state index contributed by atoms with van der Waals surface area (Å²) >= 11 is 6.05. The predicted molar refractivity (Wildman–Crippen MR) is 142 cm³/mol. The quantitative estimate of drug-likeness (QED) is 0.402. The molecule has 0 bridgehead atoms. The number of nitrogens with one attached hydrogen (secondary N) is 2. The minimum atomic E-state index is -3.70. The SMILES string of the molecule is CCOc1ccc(S(=O)(=O)N2CCC[C@H](C(=O)NCCNc3ccnc4cc(Cl)ccc34)C2)cc1C. The summed E-state index contributed by atoms with van der Waals surface area (Å²) in [4.78, 5) is 17.4. The first-order valence-corrected chi connectivity index (χ1v) is 13.9. The van der Waals surface area contributed by atoms with Crippen molar-refractivity contribution in [3.05, 3.63) is 59.2 Å². The molecule has 0 radical (unpaired) electrons. The number of nitrogens with zero attached hydrogens (tertiary/aromatic N) is 2. The molecule has 1 aromatic heterocycles. The van der Waals surface area contributed by atoms with Crippen molar-refractivity contribution >= 4 is 44.1 Å². The van der Waals surface area contributed by atoms with Crippen LogP contribution in [0.1, 0.15) is 25.3 Å². The summed E-state index contributed by atoms with van der Waals surface area (Å²) in [6.07, 6.45) is 3.00. The standard InChI is InChI=1S/C26H31ClN4O4S/c1-3-35-25-9-7-21(15-18(25)2)36(33,34)31-14-4-5-19(17-31)26(32)30-13-12-29-23-10-11-28-24-16-20(27)6-8-22(23)24/h6-11,15-16,19H,3-5,12-14,17H2,1-2H3,(H,28,29)(H,30,32)/t19-/m0/s1. The Morgan fingerprint density at radius 1 is 1.19 bits per heavy atom. The molecule has 2 heterocycles. The summed E-state index contributed by atoms with van der Waals surface area (Å²) in [5, 5.41) is 7.85. The van der Waals surface area contributed by atoms with Crippen LogP contribution in [0.15, 0.2) is 53.6 Å². The van der Waals surface area contributed by atoms with Gasteiger partial charge in [-0.05, 0) is 74.7 Å². The van der Waals surface area contributed by atoms with Gasteiger partial charge in [-0.3, -0.25) is 9.78 Å². The number of benzene rings is 2. The maximum atomic E-state index is 13.3. The molecule has 10 heteroatoms. The molecule has 2 aromatic carbocycles. The Morgan fingerprint density at radius 2 is 2.03 bits per heavy atom. The van der Waals surface area contributed by atoms with Crippen molar-refractivity contribution in [2.45, 2.75) is 31.6 Å². The van der Waals surface area contributed by atoms with Gasteiger partial charge in [0.05, 0.1) is 22.9 Å². The van der Waals surface area contributed by atoms with Crippen molar-refractivity contribution in [1.82, 2.24) is 14.6 Å². The third kappa shape index (κ3) is 5.91. The minimum Gasteiger partial charge on any atom is -0.494 e. The smallest absolute Gasteiger partial charge is 0.243 e. The molecule has 1 atom stereocenters. The fourth-order valence-electron chi connectivity index (χ4n) is 4.43. The highest BCUT2D eigenvalue weighted by molar-refractivity contribution is 7.89. The predicted octanol–water partition coefficient (Wildman–Crippen LogP) is 4.22. The maximum absolute atomic E-state index is 13.3. The van der Waals surface area contributed by atoms with Gasteiger partial charge < -0.3 is 15.4 Å². The number of carbonyl (C=O) groups excluding carboxylic acids is 1. The van der Waals surface area contributed by atoms with E-state index in [0.717, 1.165) is 22.2 Å². The lowest BCUT2D eigenvalue weighted by molar-refractivity contribution is -0.125. The zero-order valence-corrected chi connectivity index (χ0v) is 22.0. The number of hydrogen-bond acceptors (Lipinski definition) is 6. The Hall–Kier alpha value is -2.88. The Morgan fingerprint density at radius 3 is 2.81 bits per heavy atom. The number of pyridine rings is 1. The Labute approximate surface area is 217 Å². The van der Waals surface area contributed by atoms with Crippen LogP contribution in [0.3, 0.4) is 0 Å². The summed E-state index contributed by atoms with van der Waals surface area (Å²) < 4.78 is 33.4. The number of aromatic nitrogens is 1. The Kier molecular flexibility index (Phi) is 8.33. The van der Waals surface area contributed by atoms with Crippen molar-refractivity contribution in [1.29, 1.82) is 0 Å². The molecule has 1 amide bonds. The van der Waals surface area contributed by atoms with Crippen molar-refractivity contribution in [2.75, 3.05) is 38.1 Å². The van der Waals surface area contributed by atoms with Gasteiger partial charge in [0.25, 0.3) is 0 Å². The molecule has 1 aliphatic rings. The third-order valence-electron chi connectivity index (χ3n) is 6.28. The lowest BCUT2D eigenvalue weighted by Crippen LogP contribution is -2.46. The van der Waals surface area contributed by atoms with E-state index >= 15 is 0 Å². The largest absolute Gasteiger partial charge is 0.494 e. The number of ether oxygens (including phenoxy) is 1.